The molecule has 1 aromatic heterocycles. The maximum absolute atomic E-state index is 12.8. The first kappa shape index (κ1) is 18.4. The lowest BCUT2D eigenvalue weighted by Crippen LogP contribution is -2.25. The number of aromatic nitrogens is 3. The number of benzene rings is 2. The molecule has 2 aliphatic heterocycles. The molecule has 0 radical (unpaired) electrons. The van der Waals surface area contributed by atoms with Gasteiger partial charge in [-0.05, 0) is 43.2 Å². The monoisotopic (exact) mass is 403 g/mol. The van der Waals surface area contributed by atoms with Crippen LogP contribution in [0.5, 0.6) is 5.75 Å². The highest BCUT2D eigenvalue weighted by molar-refractivity contribution is 6.05. The minimum Gasteiger partial charge on any atom is -0.482 e. The van der Waals surface area contributed by atoms with E-state index >= 15 is 0 Å². The van der Waals surface area contributed by atoms with Crippen molar-refractivity contribution in [2.24, 2.45) is 0 Å². The number of aryl methyl sites for hydroxylation is 1. The zero-order chi connectivity index (χ0) is 20.5. The van der Waals surface area contributed by atoms with Crippen molar-refractivity contribution in [2.75, 3.05) is 17.2 Å². The quantitative estimate of drug-likeness (QED) is 0.700. The van der Waals surface area contributed by atoms with Crippen molar-refractivity contribution in [1.82, 2.24) is 14.8 Å². The Hall–Kier alpha value is -3.68. The number of carbonyl (C=O) groups excluding carboxylic acids is 2. The number of nitrogens with zero attached hydrogens (tertiary/aromatic N) is 3. The van der Waals surface area contributed by atoms with Crippen molar-refractivity contribution < 1.29 is 14.3 Å². The zero-order valence-corrected chi connectivity index (χ0v) is 16.4. The molecule has 0 spiro atoms. The van der Waals surface area contributed by atoms with Gasteiger partial charge in [0.05, 0.1) is 5.69 Å². The number of hydrogen-bond donors (Lipinski definition) is 2. The molecule has 0 saturated heterocycles. The van der Waals surface area contributed by atoms with Crippen molar-refractivity contribution in [1.29, 1.82) is 0 Å². The molecular formula is C22H21N5O3. The second-order valence-electron chi connectivity index (χ2n) is 7.48. The van der Waals surface area contributed by atoms with Gasteiger partial charge in [-0.15, -0.1) is 10.2 Å². The SMILES string of the molecule is O=C1COc2cc(C(=O)Nc3cccc(-c4nnc5n4CCCCC5)c3)ccc2N1. The second-order valence-corrected chi connectivity index (χ2v) is 7.48. The molecule has 3 aromatic rings. The van der Waals surface area contributed by atoms with Crippen molar-refractivity contribution in [3.05, 3.63) is 53.9 Å². The molecule has 2 aliphatic rings. The number of fused-ring (bicyclic) bond motifs is 2. The van der Waals surface area contributed by atoms with E-state index < -0.39 is 0 Å². The highest BCUT2D eigenvalue weighted by Gasteiger charge is 2.19. The maximum Gasteiger partial charge on any atom is 0.262 e. The summed E-state index contributed by atoms with van der Waals surface area (Å²) >= 11 is 0. The van der Waals surface area contributed by atoms with Gasteiger partial charge in [-0.1, -0.05) is 18.6 Å². The molecule has 0 saturated carbocycles. The predicted octanol–water partition coefficient (Wildman–Crippen LogP) is 3.25. The Balaban J connectivity index is 1.37. The normalized spacial score (nSPS) is 15.3. The first-order valence-electron chi connectivity index (χ1n) is 10.1. The van der Waals surface area contributed by atoms with Gasteiger partial charge in [-0.3, -0.25) is 9.59 Å². The maximum atomic E-state index is 12.8. The molecule has 2 amide bonds. The Kier molecular flexibility index (Phi) is 4.66. The molecular weight excluding hydrogens is 382 g/mol. The molecule has 0 unspecified atom stereocenters. The van der Waals surface area contributed by atoms with Gasteiger partial charge in [0.25, 0.3) is 11.8 Å². The van der Waals surface area contributed by atoms with Gasteiger partial charge in [-0.25, -0.2) is 0 Å². The van der Waals surface area contributed by atoms with Crippen LogP contribution in [0, 0.1) is 0 Å². The van der Waals surface area contributed by atoms with Crippen LogP contribution in [-0.4, -0.2) is 33.2 Å². The summed E-state index contributed by atoms with van der Waals surface area (Å²) in [6.07, 6.45) is 4.41. The smallest absolute Gasteiger partial charge is 0.262 e. The summed E-state index contributed by atoms with van der Waals surface area (Å²) in [6.45, 7) is 0.864. The molecule has 0 aliphatic carbocycles. The number of rotatable bonds is 3. The van der Waals surface area contributed by atoms with Crippen molar-refractivity contribution in [3.8, 4) is 17.1 Å². The van der Waals surface area contributed by atoms with Crippen LogP contribution in [0.2, 0.25) is 0 Å². The van der Waals surface area contributed by atoms with Crippen LogP contribution >= 0.6 is 0 Å². The molecule has 30 heavy (non-hydrogen) atoms. The fourth-order valence-corrected chi connectivity index (χ4v) is 3.85. The first-order valence-corrected chi connectivity index (χ1v) is 10.1. The number of anilines is 2. The Morgan fingerprint density at radius 2 is 2.03 bits per heavy atom. The summed E-state index contributed by atoms with van der Waals surface area (Å²) in [5.41, 5.74) is 2.62. The molecule has 2 aromatic carbocycles. The minimum absolute atomic E-state index is 0.0528. The summed E-state index contributed by atoms with van der Waals surface area (Å²) in [6, 6.07) is 12.6. The molecule has 3 heterocycles. The summed E-state index contributed by atoms with van der Waals surface area (Å²) in [7, 11) is 0. The van der Waals surface area contributed by atoms with E-state index in [0.717, 1.165) is 43.0 Å². The number of ether oxygens (including phenoxy) is 1. The Morgan fingerprint density at radius 3 is 2.97 bits per heavy atom. The van der Waals surface area contributed by atoms with Gasteiger partial charge in [0.1, 0.15) is 11.6 Å². The van der Waals surface area contributed by atoms with E-state index in [0.29, 0.717) is 22.7 Å². The van der Waals surface area contributed by atoms with Crippen LogP contribution in [0.15, 0.2) is 42.5 Å². The van der Waals surface area contributed by atoms with Gasteiger partial charge in [0, 0.05) is 29.8 Å². The second kappa shape index (κ2) is 7.62. The third kappa shape index (κ3) is 3.52. The van der Waals surface area contributed by atoms with Crippen molar-refractivity contribution in [3.63, 3.8) is 0 Å². The predicted molar refractivity (Wildman–Crippen MR) is 112 cm³/mol. The van der Waals surface area contributed by atoms with Crippen LogP contribution in [0.4, 0.5) is 11.4 Å². The number of nitrogens with one attached hydrogen (secondary N) is 2. The van der Waals surface area contributed by atoms with Crippen LogP contribution in [0.3, 0.4) is 0 Å². The van der Waals surface area contributed by atoms with Crippen LogP contribution in [0.1, 0.15) is 35.4 Å². The van der Waals surface area contributed by atoms with E-state index in [1.807, 2.05) is 24.3 Å². The Bertz CT molecular complexity index is 1140. The van der Waals surface area contributed by atoms with Crippen LogP contribution in [0.25, 0.3) is 11.4 Å². The lowest BCUT2D eigenvalue weighted by molar-refractivity contribution is -0.118. The molecule has 152 valence electrons. The van der Waals surface area contributed by atoms with E-state index in [1.165, 1.54) is 6.42 Å². The molecule has 0 atom stereocenters. The fourth-order valence-electron chi connectivity index (χ4n) is 3.85. The topological polar surface area (TPSA) is 98.1 Å². The third-order valence-corrected chi connectivity index (χ3v) is 5.36. The lowest BCUT2D eigenvalue weighted by Gasteiger charge is -2.18. The van der Waals surface area contributed by atoms with E-state index in [4.69, 9.17) is 4.74 Å². The standard InChI is InChI=1S/C22H21N5O3/c28-20-13-30-18-12-15(8-9-17(18)24-20)22(29)23-16-6-4-5-14(11-16)21-26-25-19-7-2-1-3-10-27(19)21/h4-6,8-9,11-12H,1-3,7,10,13H2,(H,23,29)(H,24,28). The van der Waals surface area contributed by atoms with E-state index in [9.17, 15) is 9.59 Å². The van der Waals surface area contributed by atoms with Gasteiger partial charge >= 0.3 is 0 Å². The lowest BCUT2D eigenvalue weighted by atomic mass is 10.1. The molecule has 8 nitrogen and oxygen atoms in total. The van der Waals surface area contributed by atoms with Gasteiger partial charge in [0.15, 0.2) is 12.4 Å². The van der Waals surface area contributed by atoms with E-state index in [1.54, 1.807) is 18.2 Å². The first-order chi connectivity index (χ1) is 14.7. The molecule has 5 rings (SSSR count). The average molecular weight is 403 g/mol. The number of carbonyl (C=O) groups is 2. The summed E-state index contributed by atoms with van der Waals surface area (Å²) < 4.78 is 7.58. The molecule has 0 fully saturated rings. The highest BCUT2D eigenvalue weighted by atomic mass is 16.5. The fraction of sp³-hybridized carbons (Fsp3) is 0.273. The van der Waals surface area contributed by atoms with Gasteiger partial charge in [-0.2, -0.15) is 0 Å². The summed E-state index contributed by atoms with van der Waals surface area (Å²) in [5.74, 6) is 1.89. The number of amides is 2. The summed E-state index contributed by atoms with van der Waals surface area (Å²) in [5, 5.41) is 14.4. The average Bonchev–Trinajstić information content (AvgIpc) is 3.01. The molecule has 8 heteroatoms. The van der Waals surface area contributed by atoms with E-state index in [-0.39, 0.29) is 18.4 Å². The summed E-state index contributed by atoms with van der Waals surface area (Å²) in [4.78, 5) is 24.2. The highest BCUT2D eigenvalue weighted by Crippen LogP contribution is 2.29. The minimum atomic E-state index is -0.254. The molecule has 0 bridgehead atoms. The Morgan fingerprint density at radius 1 is 1.10 bits per heavy atom. The third-order valence-electron chi connectivity index (χ3n) is 5.36. The molecule has 2 N–H and O–H groups in total. The van der Waals surface area contributed by atoms with Crippen LogP contribution in [-0.2, 0) is 17.8 Å². The largest absolute Gasteiger partial charge is 0.482 e. The zero-order valence-electron chi connectivity index (χ0n) is 16.4. The van der Waals surface area contributed by atoms with E-state index in [2.05, 4.69) is 25.4 Å². The number of hydrogen-bond acceptors (Lipinski definition) is 5. The van der Waals surface area contributed by atoms with Crippen molar-refractivity contribution >= 4 is 23.2 Å². The van der Waals surface area contributed by atoms with Crippen molar-refractivity contribution in [2.45, 2.75) is 32.2 Å². The van der Waals surface area contributed by atoms with Gasteiger partial charge in [0.2, 0.25) is 0 Å². The Labute approximate surface area is 173 Å². The van der Waals surface area contributed by atoms with Gasteiger partial charge < -0.3 is 19.9 Å². The van der Waals surface area contributed by atoms with Crippen LogP contribution < -0.4 is 15.4 Å².